The van der Waals surface area contributed by atoms with Crippen molar-refractivity contribution in [3.8, 4) is 23.0 Å². The molecule has 0 amide bonds. The number of hydrogen-bond acceptors (Lipinski definition) is 6. The maximum Gasteiger partial charge on any atom is 0.231 e. The molecule has 2 atom stereocenters. The van der Waals surface area contributed by atoms with Crippen molar-refractivity contribution in [2.45, 2.75) is 24.5 Å². The Labute approximate surface area is 151 Å². The van der Waals surface area contributed by atoms with Gasteiger partial charge in [-0.05, 0) is 54.8 Å². The first kappa shape index (κ1) is 15.8. The summed E-state index contributed by atoms with van der Waals surface area (Å²) in [5, 5.41) is 21.8. The standard InChI is InChI=1S/C20H21NO5/c1-21-6-5-11-7-16(24-2)14(22)8-13(11)20(21)9-12-3-4-15-18(26-10-25-15)17(12)19(20)23/h3-4,7-8,19,22-23H,5-6,9-10H2,1-2H3/t19-,20?/m0/s1. The lowest BCUT2D eigenvalue weighted by molar-refractivity contribution is -0.0206. The lowest BCUT2D eigenvalue weighted by Crippen LogP contribution is -2.51. The third-order valence-corrected chi connectivity index (χ3v) is 6.12. The fraction of sp³-hybridized carbons (Fsp3) is 0.400. The van der Waals surface area contributed by atoms with Gasteiger partial charge >= 0.3 is 0 Å². The summed E-state index contributed by atoms with van der Waals surface area (Å²) in [5.74, 6) is 1.88. The molecule has 26 heavy (non-hydrogen) atoms. The molecule has 0 aromatic heterocycles. The summed E-state index contributed by atoms with van der Waals surface area (Å²) in [4.78, 5) is 2.19. The number of phenols is 1. The summed E-state index contributed by atoms with van der Waals surface area (Å²) >= 11 is 0. The first-order chi connectivity index (χ1) is 12.6. The van der Waals surface area contributed by atoms with Crippen molar-refractivity contribution < 1.29 is 24.4 Å². The molecule has 1 spiro atoms. The zero-order chi connectivity index (χ0) is 18.1. The molecule has 1 aliphatic carbocycles. The lowest BCUT2D eigenvalue weighted by atomic mass is 9.77. The van der Waals surface area contributed by atoms with Gasteiger partial charge in [-0.2, -0.15) is 0 Å². The van der Waals surface area contributed by atoms with Crippen LogP contribution in [0.15, 0.2) is 24.3 Å². The maximum absolute atomic E-state index is 11.5. The summed E-state index contributed by atoms with van der Waals surface area (Å²) < 4.78 is 16.4. The summed E-state index contributed by atoms with van der Waals surface area (Å²) in [5.41, 5.74) is 3.26. The van der Waals surface area contributed by atoms with Gasteiger partial charge in [-0.3, -0.25) is 4.90 Å². The van der Waals surface area contributed by atoms with Crippen molar-refractivity contribution in [1.82, 2.24) is 4.90 Å². The van der Waals surface area contributed by atoms with E-state index >= 15 is 0 Å². The molecule has 0 fully saturated rings. The molecule has 0 radical (unpaired) electrons. The molecule has 6 nitrogen and oxygen atoms in total. The molecule has 2 aromatic carbocycles. The number of ether oxygens (including phenoxy) is 3. The Morgan fingerprint density at radius 2 is 2.08 bits per heavy atom. The predicted molar refractivity (Wildman–Crippen MR) is 93.9 cm³/mol. The Morgan fingerprint density at radius 3 is 2.88 bits per heavy atom. The number of hydrogen-bond donors (Lipinski definition) is 2. The molecular weight excluding hydrogens is 334 g/mol. The molecule has 2 aliphatic heterocycles. The van der Waals surface area contributed by atoms with E-state index in [2.05, 4.69) is 4.90 Å². The highest BCUT2D eigenvalue weighted by Crippen LogP contribution is 2.57. The molecule has 2 N–H and O–H groups in total. The zero-order valence-electron chi connectivity index (χ0n) is 14.8. The monoisotopic (exact) mass is 355 g/mol. The van der Waals surface area contributed by atoms with Crippen LogP contribution in [0.2, 0.25) is 0 Å². The SMILES string of the molecule is COc1cc2c(cc1O)C1(Cc3ccc4c(c3[C@@H]1O)OCO4)N(C)CC2. The molecule has 6 heteroatoms. The van der Waals surface area contributed by atoms with Crippen LogP contribution in [0.3, 0.4) is 0 Å². The normalized spacial score (nSPS) is 26.0. The van der Waals surface area contributed by atoms with Gasteiger partial charge in [0.25, 0.3) is 0 Å². The van der Waals surface area contributed by atoms with E-state index in [0.29, 0.717) is 23.7 Å². The minimum absolute atomic E-state index is 0.0916. The third-order valence-electron chi connectivity index (χ3n) is 6.12. The first-order valence-electron chi connectivity index (χ1n) is 8.77. The Balaban J connectivity index is 1.72. The van der Waals surface area contributed by atoms with Gasteiger partial charge in [0.2, 0.25) is 6.79 Å². The van der Waals surface area contributed by atoms with Crippen molar-refractivity contribution >= 4 is 0 Å². The molecule has 136 valence electrons. The van der Waals surface area contributed by atoms with E-state index in [9.17, 15) is 10.2 Å². The van der Waals surface area contributed by atoms with Gasteiger partial charge in [-0.1, -0.05) is 6.07 Å². The van der Waals surface area contributed by atoms with Crippen molar-refractivity contribution in [3.63, 3.8) is 0 Å². The van der Waals surface area contributed by atoms with Crippen LogP contribution in [-0.4, -0.2) is 42.6 Å². The highest BCUT2D eigenvalue weighted by atomic mass is 16.7. The predicted octanol–water partition coefficient (Wildman–Crippen LogP) is 2.10. The highest BCUT2D eigenvalue weighted by Gasteiger charge is 2.54. The van der Waals surface area contributed by atoms with E-state index < -0.39 is 11.6 Å². The number of benzene rings is 2. The topological polar surface area (TPSA) is 71.4 Å². The lowest BCUT2D eigenvalue weighted by Gasteiger charge is -2.46. The molecule has 2 aromatic rings. The van der Waals surface area contributed by atoms with Gasteiger partial charge in [-0.15, -0.1) is 0 Å². The smallest absolute Gasteiger partial charge is 0.231 e. The number of aliphatic hydroxyl groups is 1. The Morgan fingerprint density at radius 1 is 1.23 bits per heavy atom. The molecule has 0 bridgehead atoms. The summed E-state index contributed by atoms with van der Waals surface area (Å²) in [6.45, 7) is 0.988. The molecule has 0 saturated heterocycles. The van der Waals surface area contributed by atoms with Gasteiger partial charge in [0, 0.05) is 12.1 Å². The summed E-state index contributed by atoms with van der Waals surface area (Å²) in [6, 6.07) is 7.55. The van der Waals surface area contributed by atoms with Crippen molar-refractivity contribution in [2.75, 3.05) is 27.5 Å². The van der Waals surface area contributed by atoms with E-state index in [4.69, 9.17) is 14.2 Å². The molecule has 5 rings (SSSR count). The van der Waals surface area contributed by atoms with E-state index in [0.717, 1.165) is 35.2 Å². The fourth-order valence-electron chi connectivity index (χ4n) is 4.78. The molecule has 2 heterocycles. The van der Waals surface area contributed by atoms with E-state index in [-0.39, 0.29) is 12.5 Å². The number of rotatable bonds is 1. The van der Waals surface area contributed by atoms with Crippen LogP contribution >= 0.6 is 0 Å². The third kappa shape index (κ3) is 1.83. The Bertz CT molecular complexity index is 912. The van der Waals surface area contributed by atoms with Gasteiger partial charge in [0.15, 0.2) is 23.0 Å². The summed E-state index contributed by atoms with van der Waals surface area (Å²) in [7, 11) is 3.57. The minimum atomic E-state index is -0.772. The second-order valence-corrected chi connectivity index (χ2v) is 7.23. The molecular formula is C20H21NO5. The van der Waals surface area contributed by atoms with Crippen LogP contribution < -0.4 is 14.2 Å². The van der Waals surface area contributed by atoms with Gasteiger partial charge in [-0.25, -0.2) is 0 Å². The van der Waals surface area contributed by atoms with E-state index in [1.54, 1.807) is 13.2 Å². The van der Waals surface area contributed by atoms with Crippen LogP contribution in [0, 0.1) is 0 Å². The van der Waals surface area contributed by atoms with Gasteiger partial charge in [0.05, 0.1) is 12.6 Å². The Hall–Kier alpha value is -2.44. The molecule has 1 unspecified atom stereocenters. The second-order valence-electron chi connectivity index (χ2n) is 7.23. The number of aliphatic hydroxyl groups excluding tert-OH is 1. The minimum Gasteiger partial charge on any atom is -0.504 e. The van der Waals surface area contributed by atoms with Crippen molar-refractivity contribution in [3.05, 3.63) is 46.5 Å². The average molecular weight is 355 g/mol. The quantitative estimate of drug-likeness (QED) is 0.816. The van der Waals surface area contributed by atoms with Gasteiger partial charge in [0.1, 0.15) is 6.10 Å². The van der Waals surface area contributed by atoms with Gasteiger partial charge < -0.3 is 24.4 Å². The van der Waals surface area contributed by atoms with Crippen LogP contribution in [0.4, 0.5) is 0 Å². The zero-order valence-corrected chi connectivity index (χ0v) is 14.8. The maximum atomic E-state index is 11.5. The summed E-state index contributed by atoms with van der Waals surface area (Å²) in [6.07, 6.45) is 0.714. The number of phenolic OH excluding ortho intramolecular Hbond substituents is 1. The van der Waals surface area contributed by atoms with Crippen LogP contribution in [0.5, 0.6) is 23.0 Å². The first-order valence-corrected chi connectivity index (χ1v) is 8.77. The number of fused-ring (bicyclic) bond motifs is 5. The Kier molecular flexibility index (Phi) is 3.21. The van der Waals surface area contributed by atoms with E-state index in [1.807, 2.05) is 25.2 Å². The van der Waals surface area contributed by atoms with E-state index in [1.165, 1.54) is 0 Å². The highest BCUT2D eigenvalue weighted by molar-refractivity contribution is 5.60. The molecule has 0 saturated carbocycles. The average Bonchev–Trinajstić information content (AvgIpc) is 3.22. The van der Waals surface area contributed by atoms with Crippen LogP contribution in [0.25, 0.3) is 0 Å². The number of methoxy groups -OCH3 is 1. The largest absolute Gasteiger partial charge is 0.504 e. The molecule has 3 aliphatic rings. The van der Waals surface area contributed by atoms with Crippen molar-refractivity contribution in [1.29, 1.82) is 0 Å². The fourth-order valence-corrected chi connectivity index (χ4v) is 4.78. The number of nitrogens with zero attached hydrogens (tertiary/aromatic N) is 1. The van der Waals surface area contributed by atoms with Crippen LogP contribution in [0.1, 0.15) is 28.4 Å². The number of aromatic hydroxyl groups is 1. The van der Waals surface area contributed by atoms with Crippen molar-refractivity contribution in [2.24, 2.45) is 0 Å². The second kappa shape index (κ2) is 5.28. The number of likely N-dealkylation sites (N-methyl/N-ethyl adjacent to an activating group) is 1. The van der Waals surface area contributed by atoms with Crippen LogP contribution in [-0.2, 0) is 18.4 Å².